The van der Waals surface area contributed by atoms with Crippen LogP contribution in [0.1, 0.15) is 72.1 Å². The number of ether oxygens (including phenoxy) is 1. The number of guanidine groups is 1. The summed E-state index contributed by atoms with van der Waals surface area (Å²) >= 11 is 0. The van der Waals surface area contributed by atoms with Crippen LogP contribution in [0, 0.1) is 34.5 Å². The van der Waals surface area contributed by atoms with Gasteiger partial charge in [-0.2, -0.15) is 0 Å². The molecule has 4 aliphatic carbocycles. The summed E-state index contributed by atoms with van der Waals surface area (Å²) in [4.78, 5) is 4.09. The predicted octanol–water partition coefficient (Wildman–Crippen LogP) is 2.37. The molecule has 6 nitrogen and oxygen atoms in total. The van der Waals surface area contributed by atoms with E-state index in [1.54, 1.807) is 0 Å². The maximum Gasteiger partial charge on any atom is 0.188 e. The van der Waals surface area contributed by atoms with Crippen LogP contribution >= 0.6 is 0 Å². The number of aliphatic hydroxyl groups excluding tert-OH is 2. The van der Waals surface area contributed by atoms with E-state index in [1.165, 1.54) is 6.42 Å². The molecule has 0 bridgehead atoms. The van der Waals surface area contributed by atoms with E-state index in [2.05, 4.69) is 18.8 Å². The molecule has 4 aliphatic rings. The molecule has 0 saturated heterocycles. The molecule has 6 N–H and O–H groups in total. The number of fused-ring (bicyclic) bond motifs is 5. The first-order valence-corrected chi connectivity index (χ1v) is 11.3. The van der Waals surface area contributed by atoms with Crippen molar-refractivity contribution in [3.05, 3.63) is 0 Å². The molecule has 28 heavy (non-hydrogen) atoms. The van der Waals surface area contributed by atoms with Crippen molar-refractivity contribution in [2.45, 2.75) is 96.7 Å². The zero-order valence-corrected chi connectivity index (χ0v) is 17.7. The molecule has 0 spiro atoms. The van der Waals surface area contributed by atoms with Crippen LogP contribution in [-0.2, 0) is 4.74 Å². The maximum atomic E-state index is 11.2. The van der Waals surface area contributed by atoms with Crippen LogP contribution in [0.2, 0.25) is 0 Å². The summed E-state index contributed by atoms with van der Waals surface area (Å²) in [5, 5.41) is 21.8. The van der Waals surface area contributed by atoms with Crippen molar-refractivity contribution in [3.8, 4) is 0 Å². The highest BCUT2D eigenvalue weighted by Gasteiger charge is 2.62. The number of nitrogens with zero attached hydrogens (tertiary/aromatic N) is 1. The van der Waals surface area contributed by atoms with Gasteiger partial charge in [-0.05, 0) is 92.8 Å². The van der Waals surface area contributed by atoms with Gasteiger partial charge in [-0.25, -0.2) is 4.99 Å². The molecule has 1 unspecified atom stereocenters. The minimum Gasteiger partial charge on any atom is -0.393 e. The number of aliphatic hydroxyl groups is 2. The minimum atomic E-state index is -0.344. The summed E-state index contributed by atoms with van der Waals surface area (Å²) in [6, 6.07) is 0. The van der Waals surface area contributed by atoms with Gasteiger partial charge in [0, 0.05) is 0 Å². The Bertz CT molecular complexity index is 624. The van der Waals surface area contributed by atoms with Gasteiger partial charge in [0.25, 0.3) is 0 Å². The Morgan fingerprint density at radius 3 is 2.36 bits per heavy atom. The Hall–Kier alpha value is -0.850. The van der Waals surface area contributed by atoms with E-state index >= 15 is 0 Å². The fourth-order valence-corrected chi connectivity index (χ4v) is 7.88. The monoisotopic (exact) mass is 393 g/mol. The van der Waals surface area contributed by atoms with Gasteiger partial charge in [-0.3, -0.25) is 0 Å². The van der Waals surface area contributed by atoms with Gasteiger partial charge in [0.2, 0.25) is 0 Å². The Balaban J connectivity index is 1.50. The average molecular weight is 394 g/mol. The largest absolute Gasteiger partial charge is 0.393 e. The van der Waals surface area contributed by atoms with Crippen molar-refractivity contribution in [3.63, 3.8) is 0 Å². The molecule has 0 radical (unpaired) electrons. The SMILES string of the molecule is CC(N=C(N)N)O[C@H]1CC[C@@]2(C)[C@H](C1)[C@@H](O)C[C@@H]1[C@@H]2CC[C@]2(C)[C@@H](O)CC[C@@H]12. The van der Waals surface area contributed by atoms with Crippen LogP contribution in [0.15, 0.2) is 4.99 Å². The van der Waals surface area contributed by atoms with E-state index in [1.807, 2.05) is 6.92 Å². The second kappa shape index (κ2) is 7.13. The van der Waals surface area contributed by atoms with Crippen LogP contribution in [0.5, 0.6) is 0 Å². The molecular weight excluding hydrogens is 354 g/mol. The zero-order chi connectivity index (χ0) is 20.3. The third-order valence-corrected chi connectivity index (χ3v) is 9.30. The lowest BCUT2D eigenvalue weighted by Gasteiger charge is -2.62. The Morgan fingerprint density at radius 1 is 0.964 bits per heavy atom. The van der Waals surface area contributed by atoms with Gasteiger partial charge in [0.15, 0.2) is 5.96 Å². The third kappa shape index (κ3) is 3.16. The second-order valence-electron chi connectivity index (χ2n) is 10.6. The molecule has 0 aromatic rings. The van der Waals surface area contributed by atoms with Crippen molar-refractivity contribution < 1.29 is 14.9 Å². The molecule has 0 aromatic heterocycles. The maximum absolute atomic E-state index is 11.2. The molecule has 4 fully saturated rings. The van der Waals surface area contributed by atoms with Gasteiger partial charge in [-0.15, -0.1) is 0 Å². The molecule has 10 atom stereocenters. The predicted molar refractivity (Wildman–Crippen MR) is 109 cm³/mol. The van der Waals surface area contributed by atoms with E-state index in [4.69, 9.17) is 16.2 Å². The van der Waals surface area contributed by atoms with Crippen LogP contribution in [0.4, 0.5) is 0 Å². The fourth-order valence-electron chi connectivity index (χ4n) is 7.88. The molecule has 4 rings (SSSR count). The molecule has 160 valence electrons. The summed E-state index contributed by atoms with van der Waals surface area (Å²) in [6.45, 7) is 6.58. The average Bonchev–Trinajstić information content (AvgIpc) is 2.91. The van der Waals surface area contributed by atoms with Gasteiger partial charge >= 0.3 is 0 Å². The standard InChI is InChI=1S/C22H39N3O3/c1-12(25-20(23)24)28-13-6-8-21(2)16-7-9-22(3)15(4-5-19(22)27)14(16)11-18(26)17(21)10-13/h12-19,26-27H,4-11H2,1-3H3,(H4,23,24,25)/t12?,13-,14-,15-,16-,17+,18-,19-,21+,22-/m0/s1. The molecule has 0 amide bonds. The van der Waals surface area contributed by atoms with Gasteiger partial charge in [-0.1, -0.05) is 13.8 Å². The lowest BCUT2D eigenvalue weighted by Crippen LogP contribution is -2.58. The molecule has 0 aromatic carbocycles. The van der Waals surface area contributed by atoms with Crippen molar-refractivity contribution in [2.24, 2.45) is 51.0 Å². The van der Waals surface area contributed by atoms with E-state index < -0.39 is 0 Å². The molecule has 0 heterocycles. The lowest BCUT2D eigenvalue weighted by molar-refractivity contribution is -0.183. The second-order valence-corrected chi connectivity index (χ2v) is 10.6. The number of hydrogen-bond donors (Lipinski definition) is 4. The summed E-state index contributed by atoms with van der Waals surface area (Å²) < 4.78 is 6.09. The first-order valence-electron chi connectivity index (χ1n) is 11.3. The minimum absolute atomic E-state index is 0.0534. The van der Waals surface area contributed by atoms with Gasteiger partial charge < -0.3 is 26.4 Å². The van der Waals surface area contributed by atoms with Gasteiger partial charge in [0.1, 0.15) is 6.23 Å². The number of hydrogen-bond acceptors (Lipinski definition) is 4. The first kappa shape index (κ1) is 20.4. The summed E-state index contributed by atoms with van der Waals surface area (Å²) in [7, 11) is 0. The summed E-state index contributed by atoms with van der Waals surface area (Å²) in [6.07, 6.45) is 7.52. The highest BCUT2D eigenvalue weighted by Crippen LogP contribution is 2.66. The number of rotatable bonds is 3. The van der Waals surface area contributed by atoms with Gasteiger partial charge in [0.05, 0.1) is 18.3 Å². The third-order valence-electron chi connectivity index (χ3n) is 9.30. The van der Waals surface area contributed by atoms with Crippen LogP contribution in [0.3, 0.4) is 0 Å². The molecular formula is C22H39N3O3. The van der Waals surface area contributed by atoms with E-state index in [9.17, 15) is 10.2 Å². The Morgan fingerprint density at radius 2 is 1.64 bits per heavy atom. The van der Waals surface area contributed by atoms with Crippen molar-refractivity contribution >= 4 is 5.96 Å². The zero-order valence-electron chi connectivity index (χ0n) is 17.7. The van der Waals surface area contributed by atoms with Crippen LogP contribution < -0.4 is 11.5 Å². The first-order chi connectivity index (χ1) is 13.1. The lowest BCUT2D eigenvalue weighted by atomic mass is 9.44. The number of nitrogens with two attached hydrogens (primary N) is 2. The highest BCUT2D eigenvalue weighted by molar-refractivity contribution is 5.75. The van der Waals surface area contributed by atoms with Crippen molar-refractivity contribution in [1.29, 1.82) is 0 Å². The highest BCUT2D eigenvalue weighted by atomic mass is 16.5. The van der Waals surface area contributed by atoms with Crippen molar-refractivity contribution in [1.82, 2.24) is 0 Å². The van der Waals surface area contributed by atoms with E-state index in [0.717, 1.165) is 44.9 Å². The van der Waals surface area contributed by atoms with E-state index in [0.29, 0.717) is 17.8 Å². The van der Waals surface area contributed by atoms with Crippen LogP contribution in [-0.4, -0.2) is 40.7 Å². The van der Waals surface area contributed by atoms with E-state index in [-0.39, 0.29) is 47.2 Å². The summed E-state index contributed by atoms with van der Waals surface area (Å²) in [5.74, 6) is 2.09. The number of aliphatic imine (C=N–C) groups is 1. The summed E-state index contributed by atoms with van der Waals surface area (Å²) in [5.41, 5.74) is 11.2. The molecule has 6 heteroatoms. The topological polar surface area (TPSA) is 114 Å². The molecule has 4 saturated carbocycles. The quantitative estimate of drug-likeness (QED) is 0.434. The smallest absolute Gasteiger partial charge is 0.188 e. The van der Waals surface area contributed by atoms with Crippen molar-refractivity contribution in [2.75, 3.05) is 0 Å². The fraction of sp³-hybridized carbons (Fsp3) is 0.955. The molecule has 0 aliphatic heterocycles. The normalized spacial score (nSPS) is 51.5. The Kier molecular flexibility index (Phi) is 5.20. The van der Waals surface area contributed by atoms with Crippen LogP contribution in [0.25, 0.3) is 0 Å². The Labute approximate surface area is 169 Å².